The van der Waals surface area contributed by atoms with Gasteiger partial charge in [-0.25, -0.2) is 4.79 Å². The fourth-order valence-corrected chi connectivity index (χ4v) is 1.24. The molecule has 0 bridgehead atoms. The number of alkyl carbamates (subject to hydrolysis) is 1. The Labute approximate surface area is 98.7 Å². The number of methoxy groups -OCH3 is 2. The summed E-state index contributed by atoms with van der Waals surface area (Å²) in [6.07, 6.45) is -0.618. The van der Waals surface area contributed by atoms with Gasteiger partial charge in [0.25, 0.3) is 0 Å². The van der Waals surface area contributed by atoms with Crippen molar-refractivity contribution in [3.8, 4) is 5.75 Å². The van der Waals surface area contributed by atoms with Gasteiger partial charge < -0.3 is 14.8 Å². The molecule has 0 heterocycles. The third-order valence-electron chi connectivity index (χ3n) is 1.76. The first kappa shape index (κ1) is 12.3. The number of amides is 1. The number of rotatable bonds is 2. The van der Waals surface area contributed by atoms with Crippen molar-refractivity contribution in [2.45, 2.75) is 0 Å². The second-order valence-electron chi connectivity index (χ2n) is 2.77. The zero-order chi connectivity index (χ0) is 12.0. The summed E-state index contributed by atoms with van der Waals surface area (Å²) in [6, 6.07) is 7.22. The maximum Gasteiger partial charge on any atom is 0.413 e. The first-order chi connectivity index (χ1) is 7.67. The standard InChI is InChI=1S/C10H12N2O3S/c1-14-8-6-4-3-5-7(8)11-9(16)12-10(13)15-2/h3-6H,1-2H3,(H2,11,12,13,16). The van der Waals surface area contributed by atoms with Crippen LogP contribution in [0.25, 0.3) is 0 Å². The van der Waals surface area contributed by atoms with Gasteiger partial charge in [0.15, 0.2) is 5.11 Å². The van der Waals surface area contributed by atoms with Gasteiger partial charge in [0.05, 0.1) is 19.9 Å². The van der Waals surface area contributed by atoms with Gasteiger partial charge in [-0.1, -0.05) is 12.1 Å². The van der Waals surface area contributed by atoms with Crippen molar-refractivity contribution in [2.24, 2.45) is 0 Å². The predicted octanol–water partition coefficient (Wildman–Crippen LogP) is 1.75. The van der Waals surface area contributed by atoms with Gasteiger partial charge in [0, 0.05) is 0 Å². The van der Waals surface area contributed by atoms with Crippen LogP contribution in [0.1, 0.15) is 0 Å². The zero-order valence-corrected chi connectivity index (χ0v) is 9.76. The average molecular weight is 240 g/mol. The van der Waals surface area contributed by atoms with Crippen LogP contribution in [0, 0.1) is 0 Å². The molecule has 0 aliphatic heterocycles. The van der Waals surface area contributed by atoms with Gasteiger partial charge >= 0.3 is 6.09 Å². The van der Waals surface area contributed by atoms with E-state index in [0.717, 1.165) is 0 Å². The fraction of sp³-hybridized carbons (Fsp3) is 0.200. The topological polar surface area (TPSA) is 59.6 Å². The van der Waals surface area contributed by atoms with Crippen LogP contribution in [0.5, 0.6) is 5.75 Å². The monoisotopic (exact) mass is 240 g/mol. The lowest BCUT2D eigenvalue weighted by atomic mass is 10.3. The molecule has 0 fully saturated rings. The molecule has 0 aliphatic carbocycles. The van der Waals surface area contributed by atoms with E-state index >= 15 is 0 Å². The van der Waals surface area contributed by atoms with E-state index in [1.54, 1.807) is 19.2 Å². The van der Waals surface area contributed by atoms with Gasteiger partial charge in [-0.2, -0.15) is 0 Å². The number of thiocarbonyl (C=S) groups is 1. The molecule has 16 heavy (non-hydrogen) atoms. The molecule has 5 nitrogen and oxygen atoms in total. The molecule has 1 amide bonds. The highest BCUT2D eigenvalue weighted by atomic mass is 32.1. The first-order valence-electron chi connectivity index (χ1n) is 4.46. The van der Waals surface area contributed by atoms with E-state index in [1.807, 2.05) is 12.1 Å². The smallest absolute Gasteiger partial charge is 0.413 e. The summed E-state index contributed by atoms with van der Waals surface area (Å²) in [7, 11) is 2.82. The number of para-hydroxylation sites is 2. The van der Waals surface area contributed by atoms with Crippen molar-refractivity contribution in [3.05, 3.63) is 24.3 Å². The maximum atomic E-state index is 10.9. The number of hydrogen-bond donors (Lipinski definition) is 2. The van der Waals surface area contributed by atoms with Crippen molar-refractivity contribution in [1.29, 1.82) is 0 Å². The minimum absolute atomic E-state index is 0.149. The fourth-order valence-electron chi connectivity index (χ4n) is 1.05. The summed E-state index contributed by atoms with van der Waals surface area (Å²) >= 11 is 4.91. The molecule has 0 saturated carbocycles. The summed E-state index contributed by atoms with van der Waals surface area (Å²) in [4.78, 5) is 10.9. The van der Waals surface area contributed by atoms with Gasteiger partial charge in [0.1, 0.15) is 5.75 Å². The second kappa shape index (κ2) is 5.92. The molecule has 1 rings (SSSR count). The summed E-state index contributed by atoms with van der Waals surface area (Å²) in [5, 5.41) is 5.30. The Bertz CT molecular complexity index is 395. The van der Waals surface area contributed by atoms with Crippen LogP contribution in [0.4, 0.5) is 10.5 Å². The Morgan fingerprint density at radius 3 is 2.62 bits per heavy atom. The Balaban J connectivity index is 2.65. The Morgan fingerprint density at radius 2 is 2.00 bits per heavy atom. The predicted molar refractivity (Wildman–Crippen MR) is 64.8 cm³/mol. The molecule has 2 N–H and O–H groups in total. The van der Waals surface area contributed by atoms with E-state index < -0.39 is 6.09 Å². The molecule has 1 aromatic rings. The zero-order valence-electron chi connectivity index (χ0n) is 8.94. The van der Waals surface area contributed by atoms with Crippen LogP contribution in [0.15, 0.2) is 24.3 Å². The number of carbonyl (C=O) groups excluding carboxylic acids is 1. The molecule has 6 heteroatoms. The lowest BCUT2D eigenvalue weighted by molar-refractivity contribution is 0.177. The van der Waals surface area contributed by atoms with Gasteiger partial charge in [-0.05, 0) is 24.4 Å². The minimum Gasteiger partial charge on any atom is -0.495 e. The summed E-state index contributed by atoms with van der Waals surface area (Å²) in [5.41, 5.74) is 0.673. The van der Waals surface area contributed by atoms with Crippen LogP contribution in [0.3, 0.4) is 0 Å². The van der Waals surface area contributed by atoms with E-state index in [2.05, 4.69) is 15.4 Å². The van der Waals surface area contributed by atoms with Crippen molar-refractivity contribution >= 4 is 29.1 Å². The number of carbonyl (C=O) groups is 1. The van der Waals surface area contributed by atoms with Crippen molar-refractivity contribution in [2.75, 3.05) is 19.5 Å². The highest BCUT2D eigenvalue weighted by Crippen LogP contribution is 2.22. The van der Waals surface area contributed by atoms with Crippen molar-refractivity contribution in [1.82, 2.24) is 5.32 Å². The SMILES string of the molecule is COC(=O)NC(=S)Nc1ccccc1OC. The molecule has 0 radical (unpaired) electrons. The number of nitrogens with one attached hydrogen (secondary N) is 2. The molecule has 1 aromatic carbocycles. The van der Waals surface area contributed by atoms with Crippen LogP contribution in [0.2, 0.25) is 0 Å². The normalized spacial score (nSPS) is 9.12. The minimum atomic E-state index is -0.618. The van der Waals surface area contributed by atoms with Crippen LogP contribution >= 0.6 is 12.2 Å². The average Bonchev–Trinajstić information content (AvgIpc) is 2.29. The highest BCUT2D eigenvalue weighted by Gasteiger charge is 2.06. The highest BCUT2D eigenvalue weighted by molar-refractivity contribution is 7.80. The lowest BCUT2D eigenvalue weighted by Gasteiger charge is -2.11. The summed E-state index contributed by atoms with van der Waals surface area (Å²) in [5.74, 6) is 0.636. The van der Waals surface area contributed by atoms with E-state index in [9.17, 15) is 4.79 Å². The summed E-state index contributed by atoms with van der Waals surface area (Å²) in [6.45, 7) is 0. The third kappa shape index (κ3) is 3.39. The molecule has 0 atom stereocenters. The van der Waals surface area contributed by atoms with Crippen molar-refractivity contribution in [3.63, 3.8) is 0 Å². The van der Waals surface area contributed by atoms with Gasteiger partial charge in [-0.3, -0.25) is 5.32 Å². The molecule has 0 aliphatic rings. The molecule has 0 unspecified atom stereocenters. The molecule has 0 saturated heterocycles. The molecule has 0 spiro atoms. The summed E-state index contributed by atoms with van der Waals surface area (Å²) < 4.78 is 9.52. The number of anilines is 1. The largest absolute Gasteiger partial charge is 0.495 e. The second-order valence-corrected chi connectivity index (χ2v) is 3.18. The molecule has 0 aromatic heterocycles. The lowest BCUT2D eigenvalue weighted by Crippen LogP contribution is -2.33. The van der Waals surface area contributed by atoms with E-state index in [4.69, 9.17) is 17.0 Å². The van der Waals surface area contributed by atoms with Crippen LogP contribution in [-0.4, -0.2) is 25.4 Å². The van der Waals surface area contributed by atoms with Gasteiger partial charge in [-0.15, -0.1) is 0 Å². The van der Waals surface area contributed by atoms with Gasteiger partial charge in [0.2, 0.25) is 0 Å². The Kier molecular flexibility index (Phi) is 4.53. The van der Waals surface area contributed by atoms with Crippen LogP contribution in [-0.2, 0) is 4.74 Å². The quantitative estimate of drug-likeness (QED) is 0.771. The van der Waals surface area contributed by atoms with Crippen molar-refractivity contribution < 1.29 is 14.3 Å². The maximum absolute atomic E-state index is 10.9. The number of ether oxygens (including phenoxy) is 2. The van der Waals surface area contributed by atoms with Crippen LogP contribution < -0.4 is 15.4 Å². The molecular formula is C10H12N2O3S. The third-order valence-corrected chi connectivity index (χ3v) is 1.96. The number of benzene rings is 1. The number of hydrogen-bond acceptors (Lipinski definition) is 4. The first-order valence-corrected chi connectivity index (χ1v) is 4.87. The Morgan fingerprint density at radius 1 is 1.31 bits per heavy atom. The Hall–Kier alpha value is -1.82. The van der Waals surface area contributed by atoms with E-state index in [-0.39, 0.29) is 5.11 Å². The van der Waals surface area contributed by atoms with E-state index in [1.165, 1.54) is 7.11 Å². The van der Waals surface area contributed by atoms with E-state index in [0.29, 0.717) is 11.4 Å². The molecular weight excluding hydrogens is 228 g/mol. The molecule has 86 valence electrons.